The van der Waals surface area contributed by atoms with E-state index in [-0.39, 0.29) is 17.0 Å². The Bertz CT molecular complexity index is 954. The average molecular weight is 457 g/mol. The largest absolute Gasteiger partial charge is 0.477 e. The number of nitrogen functional groups attached to an aromatic ring is 1. The number of anilines is 1. The van der Waals surface area contributed by atoms with E-state index in [4.69, 9.17) is 24.8 Å². The van der Waals surface area contributed by atoms with Crippen LogP contribution in [0.2, 0.25) is 0 Å². The summed E-state index contributed by atoms with van der Waals surface area (Å²) < 4.78 is 39.2. The normalized spacial score (nSPS) is 27.9. The minimum absolute atomic E-state index is 0.118. The molecule has 0 saturated carbocycles. The van der Waals surface area contributed by atoms with Crippen molar-refractivity contribution in [1.82, 2.24) is 19.5 Å². The van der Waals surface area contributed by atoms with E-state index in [0.29, 0.717) is 11.4 Å². The molecule has 0 aliphatic carbocycles. The highest BCUT2D eigenvalue weighted by Gasteiger charge is 2.46. The molecule has 3 heterocycles. The van der Waals surface area contributed by atoms with Gasteiger partial charge in [0.25, 0.3) is 0 Å². The van der Waals surface area contributed by atoms with Gasteiger partial charge in [-0.3, -0.25) is 9.09 Å². The van der Waals surface area contributed by atoms with Gasteiger partial charge in [0.05, 0.1) is 12.9 Å². The predicted octanol–water partition coefficient (Wildman–Crippen LogP) is -0.375. The van der Waals surface area contributed by atoms with Crippen LogP contribution >= 0.6 is 26.0 Å². The minimum Gasteiger partial charge on any atom is -0.387 e. The number of aliphatic hydroxyl groups excluding tert-OH is 2. The van der Waals surface area contributed by atoms with Crippen LogP contribution in [0, 0.1) is 0 Å². The second-order valence-corrected chi connectivity index (χ2v) is 11.2. The van der Waals surface area contributed by atoms with Gasteiger partial charge in [-0.25, -0.2) is 24.1 Å². The Kier molecular flexibility index (Phi) is 6.13. The molecule has 17 heteroatoms. The summed E-state index contributed by atoms with van der Waals surface area (Å²) in [7, 11) is -5.08. The summed E-state index contributed by atoms with van der Waals surface area (Å²) in [5.74, 6) is 0.118. The lowest BCUT2D eigenvalue weighted by Crippen LogP contribution is -2.33. The zero-order valence-electron chi connectivity index (χ0n) is 14.2. The maximum atomic E-state index is 12.2. The third kappa shape index (κ3) is 4.39. The summed E-state index contributed by atoms with van der Waals surface area (Å²) in [6, 6.07) is 0. The summed E-state index contributed by atoms with van der Waals surface area (Å²) >= 11 is 0.460. The number of rotatable bonds is 7. The van der Waals surface area contributed by atoms with Gasteiger partial charge in [0.15, 0.2) is 17.7 Å². The highest BCUT2D eigenvalue weighted by Crippen LogP contribution is 2.67. The molecule has 3 rings (SSSR count). The molecule has 1 fully saturated rings. The Morgan fingerprint density at radius 3 is 2.64 bits per heavy atom. The van der Waals surface area contributed by atoms with Gasteiger partial charge < -0.3 is 30.5 Å². The topological polar surface area (TPSA) is 212 Å². The zero-order valence-corrected chi connectivity index (χ0v) is 16.8. The first-order valence-corrected chi connectivity index (χ1v) is 12.5. The minimum atomic E-state index is -5.08. The molecule has 0 radical (unpaired) electrons. The first-order valence-electron chi connectivity index (χ1n) is 7.56. The molecule has 5 atom stereocenters. The van der Waals surface area contributed by atoms with Crippen molar-refractivity contribution in [3.8, 4) is 0 Å². The van der Waals surface area contributed by atoms with Gasteiger partial charge in [-0.1, -0.05) is 0 Å². The quantitative estimate of drug-likeness (QED) is 0.336. The smallest absolute Gasteiger partial charge is 0.387 e. The van der Waals surface area contributed by atoms with Crippen LogP contribution in [-0.2, 0) is 22.7 Å². The van der Waals surface area contributed by atoms with Crippen molar-refractivity contribution in [2.24, 2.45) is 0 Å². The molecule has 0 aromatic carbocycles. The van der Waals surface area contributed by atoms with Crippen molar-refractivity contribution in [1.29, 1.82) is 0 Å². The number of ether oxygens (including phenoxy) is 1. The Hall–Kier alpha value is -1.12. The molecule has 6 N–H and O–H groups in total. The van der Waals surface area contributed by atoms with Crippen LogP contribution in [-0.4, -0.2) is 70.7 Å². The lowest BCUT2D eigenvalue weighted by atomic mass is 10.1. The molecule has 14 nitrogen and oxygen atoms in total. The third-order valence-electron chi connectivity index (χ3n) is 3.83. The fourth-order valence-electron chi connectivity index (χ4n) is 2.56. The second-order valence-electron chi connectivity index (χ2n) is 5.63. The monoisotopic (exact) mass is 457 g/mol. The highest BCUT2D eigenvalue weighted by atomic mass is 32.7. The van der Waals surface area contributed by atoms with Crippen LogP contribution in [0.15, 0.2) is 12.7 Å². The van der Waals surface area contributed by atoms with Gasteiger partial charge in [0, 0.05) is 0 Å². The van der Waals surface area contributed by atoms with Crippen LogP contribution in [0.3, 0.4) is 0 Å². The summed E-state index contributed by atoms with van der Waals surface area (Å²) in [5.41, 5.74) is 6.24. The molecule has 3 unspecified atom stereocenters. The number of hydrogen-bond donors (Lipinski definition) is 5. The van der Waals surface area contributed by atoms with Crippen molar-refractivity contribution in [3.05, 3.63) is 12.7 Å². The van der Waals surface area contributed by atoms with Gasteiger partial charge in [-0.2, -0.15) is 4.31 Å². The standard InChI is InChI=1S/C11H17N5O9P2S/c1-28-27(22,25-26(19,20)21)23-2-5-7(17)8(18)11(24-5)16-4-15-6-9(12)13-3-14-10(6)16/h3-5,7-8,11,17-18H,2H2,1H3,(H2,12,13,14)(H2,19,20,21)/t5-,7?,8?,11-,27?/m1/s1. The second kappa shape index (κ2) is 7.95. The highest BCUT2D eigenvalue weighted by molar-refractivity contribution is 8.55. The molecule has 0 bridgehead atoms. The van der Waals surface area contributed by atoms with Gasteiger partial charge in [0.2, 0.25) is 0 Å². The van der Waals surface area contributed by atoms with Crippen molar-refractivity contribution in [2.75, 3.05) is 18.6 Å². The van der Waals surface area contributed by atoms with Gasteiger partial charge in [0.1, 0.15) is 30.2 Å². The fourth-order valence-corrected chi connectivity index (χ4v) is 6.37. The van der Waals surface area contributed by atoms with Crippen molar-refractivity contribution in [2.45, 2.75) is 24.5 Å². The number of nitrogens with zero attached hydrogens (tertiary/aromatic N) is 4. The number of aromatic nitrogens is 4. The maximum Gasteiger partial charge on any atom is 0.477 e. The molecule has 1 saturated heterocycles. The fraction of sp³-hybridized carbons (Fsp3) is 0.545. The third-order valence-corrected chi connectivity index (χ3v) is 8.65. The molecule has 156 valence electrons. The summed E-state index contributed by atoms with van der Waals surface area (Å²) in [4.78, 5) is 29.5. The van der Waals surface area contributed by atoms with Crippen molar-refractivity contribution >= 4 is 43.0 Å². The molecule has 2 aromatic heterocycles. The van der Waals surface area contributed by atoms with E-state index in [1.807, 2.05) is 0 Å². The summed E-state index contributed by atoms with van der Waals surface area (Å²) in [6.45, 7) is -4.79. The van der Waals surface area contributed by atoms with E-state index >= 15 is 0 Å². The average Bonchev–Trinajstić information content (AvgIpc) is 3.15. The number of aliphatic hydroxyl groups is 2. The molecule has 28 heavy (non-hydrogen) atoms. The molecule has 2 aromatic rings. The van der Waals surface area contributed by atoms with Crippen LogP contribution in [0.4, 0.5) is 5.82 Å². The zero-order chi connectivity index (χ0) is 20.7. The van der Waals surface area contributed by atoms with Crippen molar-refractivity contribution < 1.29 is 42.7 Å². The van der Waals surface area contributed by atoms with Crippen LogP contribution < -0.4 is 5.73 Å². The van der Waals surface area contributed by atoms with E-state index in [9.17, 15) is 19.3 Å². The Balaban J connectivity index is 1.76. The lowest BCUT2D eigenvalue weighted by molar-refractivity contribution is -0.0478. The summed E-state index contributed by atoms with van der Waals surface area (Å²) in [5, 5.41) is 20.5. The molecular weight excluding hydrogens is 440 g/mol. The van der Waals surface area contributed by atoms with Gasteiger partial charge in [-0.05, 0) is 17.6 Å². The van der Waals surface area contributed by atoms with Crippen molar-refractivity contribution in [3.63, 3.8) is 0 Å². The molecule has 0 spiro atoms. The van der Waals surface area contributed by atoms with E-state index in [1.165, 1.54) is 23.5 Å². The Labute approximate surface area is 161 Å². The first kappa shape index (κ1) is 21.6. The van der Waals surface area contributed by atoms with E-state index < -0.39 is 45.8 Å². The lowest BCUT2D eigenvalue weighted by Gasteiger charge is -2.20. The molecular formula is C11H17N5O9P2S. The van der Waals surface area contributed by atoms with Crippen LogP contribution in [0.5, 0.6) is 0 Å². The van der Waals surface area contributed by atoms with Crippen LogP contribution in [0.1, 0.15) is 6.23 Å². The number of nitrogens with two attached hydrogens (primary N) is 1. The number of fused-ring (bicyclic) bond motifs is 1. The van der Waals surface area contributed by atoms with E-state index in [2.05, 4.69) is 19.3 Å². The van der Waals surface area contributed by atoms with E-state index in [1.54, 1.807) is 0 Å². The van der Waals surface area contributed by atoms with E-state index in [0.717, 1.165) is 0 Å². The van der Waals surface area contributed by atoms with Gasteiger partial charge in [-0.15, -0.1) is 0 Å². The number of phosphoric acid groups is 1. The van der Waals surface area contributed by atoms with Gasteiger partial charge >= 0.3 is 14.6 Å². The molecule has 1 aliphatic heterocycles. The first-order chi connectivity index (χ1) is 13.0. The SMILES string of the molecule is CSP(=O)(OC[C@H]1O[C@@H](n2cnc3c(N)ncnc32)C(O)C1O)OP(=O)(O)O. The predicted molar refractivity (Wildman–Crippen MR) is 95.9 cm³/mol. The maximum absolute atomic E-state index is 12.2. The number of hydrogen-bond acceptors (Lipinski definition) is 12. The number of imidazole rings is 1. The summed E-state index contributed by atoms with van der Waals surface area (Å²) in [6.07, 6.45) is -1.45. The van der Waals surface area contributed by atoms with Crippen LogP contribution in [0.25, 0.3) is 11.2 Å². The Morgan fingerprint density at radius 1 is 1.29 bits per heavy atom. The molecule has 0 amide bonds. The molecule has 1 aliphatic rings. The Morgan fingerprint density at radius 2 is 2.00 bits per heavy atom.